The summed E-state index contributed by atoms with van der Waals surface area (Å²) in [7, 11) is 2.21. The normalized spacial score (nSPS) is 23.8. The quantitative estimate of drug-likeness (QED) is 0.565. The maximum Gasteiger partial charge on any atom is 0.410 e. The van der Waals surface area contributed by atoms with Gasteiger partial charge in [-0.3, -0.25) is 0 Å². The Labute approximate surface area is 187 Å². The number of likely N-dealkylation sites (tertiary alicyclic amines) is 2. The van der Waals surface area contributed by atoms with Gasteiger partial charge in [0.25, 0.3) is 0 Å². The second-order valence-electron chi connectivity index (χ2n) is 10.8. The van der Waals surface area contributed by atoms with E-state index >= 15 is 0 Å². The maximum atomic E-state index is 13.0. The molecule has 4 rings (SSSR count). The lowest BCUT2D eigenvalue weighted by atomic mass is 9.87. The van der Waals surface area contributed by atoms with E-state index in [-0.39, 0.29) is 12.1 Å². The van der Waals surface area contributed by atoms with Crippen LogP contribution in [0.5, 0.6) is 0 Å². The summed E-state index contributed by atoms with van der Waals surface area (Å²) in [5.41, 5.74) is 2.21. The molecule has 0 aromatic heterocycles. The van der Waals surface area contributed by atoms with Crippen LogP contribution in [0.3, 0.4) is 0 Å². The average Bonchev–Trinajstić information content (AvgIpc) is 2.72. The van der Waals surface area contributed by atoms with Crippen molar-refractivity contribution in [1.82, 2.24) is 9.80 Å². The molecule has 2 heterocycles. The fourth-order valence-electron chi connectivity index (χ4n) is 5.11. The molecule has 2 aliphatic heterocycles. The summed E-state index contributed by atoms with van der Waals surface area (Å²) in [6, 6.07) is 13.8. The first-order valence-corrected chi connectivity index (χ1v) is 11.9. The summed E-state index contributed by atoms with van der Waals surface area (Å²) in [4.78, 5) is 17.4. The molecular formula is C27H38N2O2. The molecule has 2 atom stereocenters. The topological polar surface area (TPSA) is 32.8 Å². The first kappa shape index (κ1) is 22.1. The van der Waals surface area contributed by atoms with Crippen LogP contribution in [0.15, 0.2) is 36.4 Å². The number of ether oxygens (including phenoxy) is 1. The van der Waals surface area contributed by atoms with E-state index < -0.39 is 5.60 Å². The van der Waals surface area contributed by atoms with Gasteiger partial charge in [0.15, 0.2) is 0 Å². The van der Waals surface area contributed by atoms with Crippen LogP contribution in [0.4, 0.5) is 4.79 Å². The summed E-state index contributed by atoms with van der Waals surface area (Å²) in [5, 5.41) is 2.56. The lowest BCUT2D eigenvalue weighted by Gasteiger charge is -2.39. The van der Waals surface area contributed by atoms with Crippen LogP contribution < -0.4 is 0 Å². The molecule has 0 bridgehead atoms. The van der Waals surface area contributed by atoms with E-state index in [9.17, 15) is 4.79 Å². The van der Waals surface area contributed by atoms with Crippen LogP contribution in [0.2, 0.25) is 0 Å². The van der Waals surface area contributed by atoms with Crippen molar-refractivity contribution in [3.63, 3.8) is 0 Å². The van der Waals surface area contributed by atoms with Gasteiger partial charge < -0.3 is 14.5 Å². The van der Waals surface area contributed by atoms with Crippen LogP contribution in [-0.4, -0.2) is 48.2 Å². The number of fused-ring (bicyclic) bond motifs is 1. The average molecular weight is 423 g/mol. The van der Waals surface area contributed by atoms with E-state index in [1.165, 1.54) is 47.8 Å². The predicted octanol–water partition coefficient (Wildman–Crippen LogP) is 6.36. The summed E-state index contributed by atoms with van der Waals surface area (Å²) >= 11 is 0. The fourth-order valence-corrected chi connectivity index (χ4v) is 5.11. The highest BCUT2D eigenvalue weighted by Crippen LogP contribution is 2.36. The van der Waals surface area contributed by atoms with Gasteiger partial charge in [-0.05, 0) is 106 Å². The van der Waals surface area contributed by atoms with Gasteiger partial charge in [-0.25, -0.2) is 4.79 Å². The maximum absolute atomic E-state index is 13.0. The van der Waals surface area contributed by atoms with Crippen molar-refractivity contribution in [3.8, 4) is 0 Å². The largest absolute Gasteiger partial charge is 0.444 e. The number of rotatable bonds is 2. The summed E-state index contributed by atoms with van der Waals surface area (Å²) in [6.07, 6.45) is 4.39. The lowest BCUT2D eigenvalue weighted by molar-refractivity contribution is 0.00365. The Morgan fingerprint density at radius 3 is 2.26 bits per heavy atom. The van der Waals surface area contributed by atoms with Crippen molar-refractivity contribution < 1.29 is 9.53 Å². The number of carbonyl (C=O) groups excluding carboxylic acids is 1. The Kier molecular flexibility index (Phi) is 6.30. The molecule has 0 radical (unpaired) electrons. The number of nitrogens with zero attached hydrogens (tertiary/aromatic N) is 2. The second-order valence-corrected chi connectivity index (χ2v) is 10.8. The fraction of sp³-hybridized carbons (Fsp3) is 0.593. The number of carbonyl (C=O) groups is 1. The Morgan fingerprint density at radius 2 is 1.58 bits per heavy atom. The summed E-state index contributed by atoms with van der Waals surface area (Å²) in [5.74, 6) is 1.15. The number of hydrogen-bond donors (Lipinski definition) is 0. The van der Waals surface area contributed by atoms with Crippen LogP contribution in [0, 0.1) is 5.92 Å². The van der Waals surface area contributed by atoms with Crippen molar-refractivity contribution >= 4 is 16.9 Å². The van der Waals surface area contributed by atoms with Crippen LogP contribution in [0.25, 0.3) is 10.8 Å². The van der Waals surface area contributed by atoms with Gasteiger partial charge in [-0.2, -0.15) is 0 Å². The highest BCUT2D eigenvalue weighted by molar-refractivity contribution is 5.84. The Bertz CT molecular complexity index is 924. The van der Waals surface area contributed by atoms with Crippen LogP contribution in [-0.2, 0) is 4.74 Å². The van der Waals surface area contributed by atoms with Gasteiger partial charge >= 0.3 is 6.09 Å². The predicted molar refractivity (Wildman–Crippen MR) is 127 cm³/mol. The molecule has 2 fully saturated rings. The third-order valence-corrected chi connectivity index (χ3v) is 6.91. The molecule has 2 aromatic rings. The zero-order valence-corrected chi connectivity index (χ0v) is 19.9. The molecule has 2 aliphatic rings. The van der Waals surface area contributed by atoms with E-state index in [1.54, 1.807) is 0 Å². The Morgan fingerprint density at radius 1 is 0.935 bits per heavy atom. The second kappa shape index (κ2) is 8.82. The highest BCUT2D eigenvalue weighted by Gasteiger charge is 2.34. The van der Waals surface area contributed by atoms with Crippen molar-refractivity contribution in [2.75, 3.05) is 26.7 Å². The molecular weight excluding hydrogens is 384 g/mol. The summed E-state index contributed by atoms with van der Waals surface area (Å²) < 4.78 is 5.75. The summed E-state index contributed by atoms with van der Waals surface area (Å²) in [6.45, 7) is 11.1. The molecule has 0 unspecified atom stereocenters. The molecule has 4 nitrogen and oxygen atoms in total. The molecule has 2 saturated heterocycles. The van der Waals surface area contributed by atoms with E-state index in [0.29, 0.717) is 11.8 Å². The third-order valence-electron chi connectivity index (χ3n) is 6.91. The van der Waals surface area contributed by atoms with Crippen LogP contribution in [0.1, 0.15) is 76.5 Å². The van der Waals surface area contributed by atoms with Gasteiger partial charge in [-0.1, -0.05) is 37.3 Å². The Balaban J connectivity index is 1.61. The minimum absolute atomic E-state index is 0.0856. The van der Waals surface area contributed by atoms with Crippen molar-refractivity contribution in [1.29, 1.82) is 0 Å². The minimum atomic E-state index is -0.478. The van der Waals surface area contributed by atoms with Gasteiger partial charge in [0, 0.05) is 6.54 Å². The molecule has 0 saturated carbocycles. The first-order valence-electron chi connectivity index (χ1n) is 11.9. The standard InChI is InChI=1S/C27H38N2O2/c1-19-6-11-25(29(18-19)26(30)31-27(2,3)4)23-10-8-20-7-9-22(16-24(20)17-23)21-12-14-28(5)15-13-21/h7-10,16-17,19,21,25H,6,11-15,18H2,1-5H3/t19-,25-/m0/s1. The third kappa shape index (κ3) is 5.23. The number of amides is 1. The van der Waals surface area contributed by atoms with Crippen molar-refractivity contribution in [3.05, 3.63) is 47.5 Å². The monoisotopic (exact) mass is 422 g/mol. The van der Waals surface area contributed by atoms with E-state index in [4.69, 9.17) is 4.74 Å². The molecule has 0 N–H and O–H groups in total. The highest BCUT2D eigenvalue weighted by atomic mass is 16.6. The van der Waals surface area contributed by atoms with Gasteiger partial charge in [-0.15, -0.1) is 0 Å². The minimum Gasteiger partial charge on any atom is -0.444 e. The zero-order valence-electron chi connectivity index (χ0n) is 19.9. The molecule has 1 amide bonds. The number of benzene rings is 2. The zero-order chi connectivity index (χ0) is 22.2. The Hall–Kier alpha value is -2.07. The van der Waals surface area contributed by atoms with Gasteiger partial charge in [0.05, 0.1) is 6.04 Å². The molecule has 168 valence electrons. The lowest BCUT2D eigenvalue weighted by Crippen LogP contribution is -2.44. The van der Waals surface area contributed by atoms with E-state index in [2.05, 4.69) is 55.3 Å². The number of piperidine rings is 2. The van der Waals surface area contributed by atoms with E-state index in [0.717, 1.165) is 19.4 Å². The number of hydrogen-bond acceptors (Lipinski definition) is 3. The van der Waals surface area contributed by atoms with Crippen molar-refractivity contribution in [2.45, 2.75) is 70.9 Å². The van der Waals surface area contributed by atoms with Gasteiger partial charge in [0.1, 0.15) is 5.60 Å². The first-order chi connectivity index (χ1) is 14.7. The molecule has 2 aromatic carbocycles. The van der Waals surface area contributed by atoms with Crippen LogP contribution >= 0.6 is 0 Å². The van der Waals surface area contributed by atoms with Crippen molar-refractivity contribution in [2.24, 2.45) is 5.92 Å². The molecule has 0 spiro atoms. The SMILES string of the molecule is C[C@H]1CC[C@@H](c2ccc3ccc(C4CCN(C)CC4)cc3c2)N(C(=O)OC(C)(C)C)C1. The van der Waals surface area contributed by atoms with E-state index in [1.807, 2.05) is 25.7 Å². The molecule has 0 aliphatic carbocycles. The molecule has 4 heteroatoms. The smallest absolute Gasteiger partial charge is 0.410 e. The van der Waals surface area contributed by atoms with Gasteiger partial charge in [0.2, 0.25) is 0 Å². The molecule has 31 heavy (non-hydrogen) atoms.